The van der Waals surface area contributed by atoms with Crippen molar-refractivity contribution in [3.8, 4) is 0 Å². The van der Waals surface area contributed by atoms with E-state index in [1.807, 2.05) is 61.9 Å². The summed E-state index contributed by atoms with van der Waals surface area (Å²) >= 11 is 0. The zero-order valence-corrected chi connectivity index (χ0v) is 20.6. The van der Waals surface area contributed by atoms with E-state index in [0.29, 0.717) is 39.1 Å². The average molecular weight is 418 g/mol. The molecule has 7 heteroatoms. The third kappa shape index (κ3) is 10.6. The molecule has 0 bridgehead atoms. The highest BCUT2D eigenvalue weighted by atomic mass is 28.4. The smallest absolute Gasteiger partial charge is 0.335 e. The molecule has 1 atom stereocenters. The second kappa shape index (κ2) is 11.9. The van der Waals surface area contributed by atoms with Crippen molar-refractivity contribution in [2.24, 2.45) is 11.3 Å². The van der Waals surface area contributed by atoms with Crippen LogP contribution in [0.15, 0.2) is 0 Å². The van der Waals surface area contributed by atoms with Gasteiger partial charge in [0.25, 0.3) is 0 Å². The van der Waals surface area contributed by atoms with E-state index in [1.165, 1.54) is 0 Å². The molecule has 28 heavy (non-hydrogen) atoms. The molecule has 0 aliphatic carbocycles. The summed E-state index contributed by atoms with van der Waals surface area (Å²) in [5.41, 5.74) is -0.997. The molecule has 0 spiro atoms. The van der Waals surface area contributed by atoms with Gasteiger partial charge in [-0.1, -0.05) is 6.92 Å². The number of ether oxygens (including phenoxy) is 1. The molecule has 0 saturated carbocycles. The maximum absolute atomic E-state index is 12.6. The fourth-order valence-electron chi connectivity index (χ4n) is 3.14. The maximum atomic E-state index is 12.6. The van der Waals surface area contributed by atoms with Gasteiger partial charge in [0.05, 0.1) is 12.0 Å². The molecule has 0 aromatic rings. The van der Waals surface area contributed by atoms with Gasteiger partial charge in [-0.2, -0.15) is 0 Å². The average Bonchev–Trinajstić information content (AvgIpc) is 2.55. The Bertz CT molecular complexity index is 482. The highest BCUT2D eigenvalue weighted by Gasteiger charge is 2.36. The van der Waals surface area contributed by atoms with Crippen LogP contribution in [0.1, 0.15) is 74.7 Å². The van der Waals surface area contributed by atoms with Crippen molar-refractivity contribution >= 4 is 20.4 Å². The van der Waals surface area contributed by atoms with Gasteiger partial charge < -0.3 is 18.9 Å². The van der Waals surface area contributed by atoms with Crippen LogP contribution in [0, 0.1) is 11.3 Å². The highest BCUT2D eigenvalue weighted by Crippen LogP contribution is 2.29. The molecule has 1 unspecified atom stereocenters. The van der Waals surface area contributed by atoms with Gasteiger partial charge in [0.1, 0.15) is 0 Å². The second-order valence-corrected chi connectivity index (χ2v) is 12.5. The minimum atomic E-state index is -2.18. The van der Waals surface area contributed by atoms with Crippen LogP contribution in [0.5, 0.6) is 0 Å². The zero-order valence-electron chi connectivity index (χ0n) is 19.6. The summed E-state index contributed by atoms with van der Waals surface area (Å²) in [7, 11) is -2.18. The minimum absolute atomic E-state index is 0.00827. The van der Waals surface area contributed by atoms with E-state index < -0.39 is 14.0 Å². The summed E-state index contributed by atoms with van der Waals surface area (Å²) < 4.78 is 17.1. The molecular weight excluding hydrogens is 374 g/mol. The first-order chi connectivity index (χ1) is 12.8. The molecule has 1 amide bonds. The summed E-state index contributed by atoms with van der Waals surface area (Å²) in [6.07, 6.45) is 1.87. The fourth-order valence-corrected chi connectivity index (χ4v) is 5.52. The Hall–Kier alpha value is -0.923. The van der Waals surface area contributed by atoms with Gasteiger partial charge in [0.2, 0.25) is 5.91 Å². The van der Waals surface area contributed by atoms with Gasteiger partial charge in [-0.3, -0.25) is 9.59 Å². The summed E-state index contributed by atoms with van der Waals surface area (Å²) in [6, 6.07) is 0.786. The number of rotatable bonds is 13. The van der Waals surface area contributed by atoms with Crippen LogP contribution >= 0.6 is 0 Å². The van der Waals surface area contributed by atoms with Crippen molar-refractivity contribution in [2.75, 3.05) is 19.8 Å². The quantitative estimate of drug-likeness (QED) is 0.273. The number of amides is 1. The molecule has 0 aliphatic heterocycles. The number of hydrogen-bond donors (Lipinski definition) is 1. The number of nitrogens with one attached hydrogen (secondary N) is 1. The molecule has 0 aliphatic rings. The van der Waals surface area contributed by atoms with Gasteiger partial charge >= 0.3 is 14.5 Å². The second-order valence-electron chi connectivity index (χ2n) is 9.17. The molecule has 0 saturated heterocycles. The molecule has 0 radical (unpaired) electrons. The number of esters is 1. The third-order valence-corrected chi connectivity index (χ3v) is 7.64. The van der Waals surface area contributed by atoms with Crippen molar-refractivity contribution in [3.05, 3.63) is 0 Å². The van der Waals surface area contributed by atoms with Crippen molar-refractivity contribution in [1.82, 2.24) is 5.32 Å². The van der Waals surface area contributed by atoms with Gasteiger partial charge in [-0.15, -0.1) is 0 Å². The lowest BCUT2D eigenvalue weighted by Crippen LogP contribution is -2.45. The van der Waals surface area contributed by atoms with Crippen molar-refractivity contribution in [2.45, 2.75) is 92.8 Å². The number of hydrogen-bond acceptors (Lipinski definition) is 5. The van der Waals surface area contributed by atoms with E-state index in [-0.39, 0.29) is 23.3 Å². The molecule has 1 N–H and O–H groups in total. The Kier molecular flexibility index (Phi) is 11.5. The Morgan fingerprint density at radius 1 is 1.00 bits per heavy atom. The SMILES string of the molecule is CCO[Si](C)(CCCOC(=O)C(C)(C)CC(CC)C(=O)NC(C)(C)C)OCC. The summed E-state index contributed by atoms with van der Waals surface area (Å²) in [5.74, 6) is -0.481. The first-order valence-electron chi connectivity index (χ1n) is 10.6. The summed E-state index contributed by atoms with van der Waals surface area (Å²) in [6.45, 7) is 19.1. The molecule has 166 valence electrons. The number of carbonyl (C=O) groups is 2. The van der Waals surface area contributed by atoms with E-state index in [2.05, 4.69) is 5.32 Å². The Labute approximate surface area is 173 Å². The monoisotopic (exact) mass is 417 g/mol. The highest BCUT2D eigenvalue weighted by molar-refractivity contribution is 6.66. The van der Waals surface area contributed by atoms with E-state index in [4.69, 9.17) is 13.6 Å². The first kappa shape index (κ1) is 27.1. The Morgan fingerprint density at radius 2 is 1.54 bits per heavy atom. The van der Waals surface area contributed by atoms with E-state index in [1.54, 1.807) is 0 Å². The fraction of sp³-hybridized carbons (Fsp3) is 0.905. The van der Waals surface area contributed by atoms with Gasteiger partial charge in [0, 0.05) is 24.7 Å². The molecule has 0 fully saturated rings. The summed E-state index contributed by atoms with van der Waals surface area (Å²) in [4.78, 5) is 25.1. The Balaban J connectivity index is 4.62. The summed E-state index contributed by atoms with van der Waals surface area (Å²) in [5, 5.41) is 3.01. The molecule has 0 aromatic heterocycles. The van der Waals surface area contributed by atoms with Crippen LogP contribution in [0.4, 0.5) is 0 Å². The largest absolute Gasteiger partial charge is 0.465 e. The van der Waals surface area contributed by atoms with Crippen LogP contribution < -0.4 is 5.32 Å². The van der Waals surface area contributed by atoms with Gasteiger partial charge in [-0.25, -0.2) is 0 Å². The molecule has 6 nitrogen and oxygen atoms in total. The minimum Gasteiger partial charge on any atom is -0.465 e. The van der Waals surface area contributed by atoms with Crippen LogP contribution in [-0.4, -0.2) is 45.8 Å². The van der Waals surface area contributed by atoms with Crippen molar-refractivity contribution in [3.63, 3.8) is 0 Å². The van der Waals surface area contributed by atoms with E-state index in [0.717, 1.165) is 6.04 Å². The predicted molar refractivity (Wildman–Crippen MR) is 115 cm³/mol. The van der Waals surface area contributed by atoms with Crippen LogP contribution in [0.25, 0.3) is 0 Å². The van der Waals surface area contributed by atoms with Crippen LogP contribution in [-0.2, 0) is 23.2 Å². The Morgan fingerprint density at radius 3 is 1.96 bits per heavy atom. The van der Waals surface area contributed by atoms with Gasteiger partial charge in [-0.05, 0) is 80.3 Å². The maximum Gasteiger partial charge on any atom is 0.335 e. The molecular formula is C21H43NO5Si. The third-order valence-electron chi connectivity index (χ3n) is 4.58. The number of carbonyl (C=O) groups excluding carboxylic acids is 2. The van der Waals surface area contributed by atoms with Crippen LogP contribution in [0.3, 0.4) is 0 Å². The van der Waals surface area contributed by atoms with E-state index in [9.17, 15) is 9.59 Å². The van der Waals surface area contributed by atoms with Crippen molar-refractivity contribution in [1.29, 1.82) is 0 Å². The lowest BCUT2D eigenvalue weighted by atomic mass is 9.81. The predicted octanol–water partition coefficient (Wildman–Crippen LogP) is 4.42. The molecule has 0 rings (SSSR count). The van der Waals surface area contributed by atoms with E-state index >= 15 is 0 Å². The lowest BCUT2D eigenvalue weighted by molar-refractivity contribution is -0.155. The van der Waals surface area contributed by atoms with Crippen LogP contribution in [0.2, 0.25) is 12.6 Å². The van der Waals surface area contributed by atoms with Crippen molar-refractivity contribution < 1.29 is 23.2 Å². The normalized spacial score (nSPS) is 13.9. The van der Waals surface area contributed by atoms with Gasteiger partial charge in [0.15, 0.2) is 0 Å². The lowest BCUT2D eigenvalue weighted by Gasteiger charge is -2.30. The first-order valence-corrected chi connectivity index (χ1v) is 13.1. The zero-order chi connectivity index (χ0) is 22.0. The standard InChI is InChI=1S/C21H43NO5Si/c1-10-17(18(23)22-20(4,5)6)16-21(7,8)19(24)25-14-13-15-28(9,26-11-2)27-12-3/h17H,10-16H2,1-9H3,(H,22,23). The molecule has 0 heterocycles. The topological polar surface area (TPSA) is 73.9 Å². The molecule has 0 aromatic carbocycles.